The normalized spacial score (nSPS) is 30.1. The van der Waals surface area contributed by atoms with Crippen LogP contribution in [0, 0.1) is 58.2 Å². The molecule has 16 fully saturated rings. The van der Waals surface area contributed by atoms with E-state index in [1.165, 1.54) is 42.9 Å². The molecule has 16 bridgehead atoms. The largest absolute Gasteiger partial charge is 0.691 e. The number of aliphatic hydroxyl groups is 3. The molecule has 647 valence electrons. The Kier molecular flexibility index (Phi) is 34.1. The third-order valence-electron chi connectivity index (χ3n) is 28.3. The van der Waals surface area contributed by atoms with Crippen molar-refractivity contribution in [2.45, 2.75) is 235 Å². The summed E-state index contributed by atoms with van der Waals surface area (Å²) in [5, 5.41) is 41.0. The predicted octanol–water partition coefficient (Wildman–Crippen LogP) is 9.67. The SMILES string of the molecule is CC(F)(F)COC(=O)C12CC3CC(CC(O)(C3)C1)C2.O=C(CCl)OC12CC3CC(CC(O)(C3)C1)C2.O=C(COC12CC3CC(C1)CC(C(=O)OCC(F)(F)SOO[O-])(C3)C2)OC12CC3CC(CC(O)(C3)C1)C2.[B][B]B([B])B(B(B([B])[B])B([B])[B])B(B([B])[B])B([B])[B].c1ccc([S+](c2ccccc2)c2ccccc2)cc1.c1ccc([S+](c2ccccc2)c2ccccc2)cc1. The monoisotopic (exact) mass is 1800 g/mol. The number of ether oxygens (including phenoxy) is 5. The molecule has 6 aromatic carbocycles. The van der Waals surface area contributed by atoms with Crippen molar-refractivity contribution in [2.75, 3.05) is 25.7 Å². The summed E-state index contributed by atoms with van der Waals surface area (Å²) in [6.07, 6.45) is 12.6. The molecule has 16 saturated carbocycles. The van der Waals surface area contributed by atoms with Gasteiger partial charge in [-0.05, 0) is 261 Å². The lowest BCUT2D eigenvalue weighted by molar-refractivity contribution is -0.777. The number of hydrogen-bond donors (Lipinski definition) is 3. The highest BCUT2D eigenvalue weighted by Gasteiger charge is 2.66. The zero-order chi connectivity index (χ0) is 92.5. The molecule has 0 aliphatic heterocycles. The minimum Gasteiger partial charge on any atom is -0.691 e. The van der Waals surface area contributed by atoms with Gasteiger partial charge in [0, 0.05) is 155 Å². The molecule has 15 nitrogen and oxygen atoms in total. The number of alkyl halides is 5. The van der Waals surface area contributed by atoms with E-state index in [0.29, 0.717) is 99.7 Å². The van der Waals surface area contributed by atoms with Crippen LogP contribution < -0.4 is 5.26 Å². The van der Waals surface area contributed by atoms with Gasteiger partial charge in [-0.2, -0.15) is 13.1 Å². The second kappa shape index (κ2) is 43.3. The molecule has 3 N–H and O–H groups in total. The second-order valence-corrected chi connectivity index (χ2v) is 44.6. The van der Waals surface area contributed by atoms with E-state index in [2.05, 4.69) is 191 Å². The minimum absolute atomic E-state index is 0.0146. The van der Waals surface area contributed by atoms with E-state index in [1.54, 1.807) is 0 Å². The number of hydrogen-bond acceptors (Lipinski definition) is 16. The summed E-state index contributed by atoms with van der Waals surface area (Å²) in [7, 11) is 58.4. The van der Waals surface area contributed by atoms with E-state index >= 15 is 0 Å². The van der Waals surface area contributed by atoms with E-state index in [1.807, 2.05) is 0 Å². The van der Waals surface area contributed by atoms with Gasteiger partial charge in [0.05, 0.1) is 55.0 Å². The summed E-state index contributed by atoms with van der Waals surface area (Å²) >= 11 is 4.98. The van der Waals surface area contributed by atoms with Crippen LogP contribution in [0.3, 0.4) is 0 Å². The predicted molar refractivity (Wildman–Crippen MR) is 515 cm³/mol. The van der Waals surface area contributed by atoms with Crippen molar-refractivity contribution in [3.8, 4) is 0 Å². The summed E-state index contributed by atoms with van der Waals surface area (Å²) in [4.78, 5) is 57.8. The lowest BCUT2D eigenvalue weighted by Crippen LogP contribution is -2.79. The number of carbonyl (C=O) groups is 4. The highest BCUT2D eigenvalue weighted by molar-refractivity contribution is 8.18. The fourth-order valence-corrected chi connectivity index (χ4v) is 30.1. The maximum absolute atomic E-state index is 13.8. The van der Waals surface area contributed by atoms with E-state index in [9.17, 15) is 57.3 Å². The molecule has 8 unspecified atom stereocenters. The third kappa shape index (κ3) is 25.9. The second-order valence-electron chi connectivity index (χ2n) is 39.4. The van der Waals surface area contributed by atoms with E-state index < -0.39 is 150 Å². The molecule has 22 rings (SSSR count). The highest BCUT2D eigenvalue weighted by Crippen LogP contribution is 2.66. The molecule has 16 aliphatic rings. The Morgan fingerprint density at radius 2 is 0.721 bits per heavy atom. The van der Waals surface area contributed by atoms with Gasteiger partial charge in [0.25, 0.3) is 5.92 Å². The van der Waals surface area contributed by atoms with E-state index in [-0.39, 0.29) is 52.1 Å². The first kappa shape index (κ1) is 102. The molecule has 0 saturated heterocycles. The van der Waals surface area contributed by atoms with Gasteiger partial charge in [0.2, 0.25) is 0 Å². The molecule has 0 spiro atoms. The van der Waals surface area contributed by atoms with Crippen LogP contribution >= 0.6 is 23.6 Å². The fraction of sp³-hybridized carbons (Fsp3) is 0.540. The quantitative estimate of drug-likeness (QED) is 0.00458. The molecule has 129 heavy (non-hydrogen) atoms. The maximum Gasteiger partial charge on any atom is 0.354 e. The van der Waals surface area contributed by atoms with Crippen LogP contribution in [-0.4, -0.2) is 245 Å². The van der Waals surface area contributed by atoms with Gasteiger partial charge >= 0.3 is 29.1 Å². The highest BCUT2D eigenvalue weighted by atomic mass is 35.5. The van der Waals surface area contributed by atoms with Crippen molar-refractivity contribution in [1.82, 2.24) is 0 Å². The van der Waals surface area contributed by atoms with Crippen LogP contribution in [0.25, 0.3) is 0 Å². The molecular weight excluding hydrogens is 1700 g/mol. The number of halogens is 5. The molecule has 21 radical (unpaired) electrons. The van der Waals surface area contributed by atoms with E-state index in [0.717, 1.165) is 90.4 Å². The van der Waals surface area contributed by atoms with Crippen molar-refractivity contribution in [1.29, 1.82) is 0 Å². The topological polar surface area (TPSA) is 217 Å². The zero-order valence-electron chi connectivity index (χ0n) is 73.1. The van der Waals surface area contributed by atoms with Crippen LogP contribution in [0.2, 0.25) is 0 Å². The number of esters is 4. The Bertz CT molecular complexity index is 4260. The Morgan fingerprint density at radius 1 is 0.434 bits per heavy atom. The van der Waals surface area contributed by atoms with Gasteiger partial charge in [-0.15, -0.1) is 11.6 Å². The smallest absolute Gasteiger partial charge is 0.354 e. The van der Waals surface area contributed by atoms with Crippen LogP contribution in [0.4, 0.5) is 17.6 Å². The van der Waals surface area contributed by atoms with Gasteiger partial charge in [0.15, 0.2) is 42.6 Å². The average molecular weight is 1800 g/mol. The lowest BCUT2D eigenvalue weighted by Gasteiger charge is -2.60. The summed E-state index contributed by atoms with van der Waals surface area (Å²) in [6, 6.07) is 64.3. The molecule has 0 heterocycles. The lowest BCUT2D eigenvalue weighted by atomic mass is 8.40. The first-order chi connectivity index (χ1) is 61.2. The minimum atomic E-state index is -3.63. The van der Waals surface area contributed by atoms with Crippen LogP contribution in [-0.2, 0) is 74.0 Å². The molecule has 0 amide bonds. The molecule has 0 aromatic heterocycles. The van der Waals surface area contributed by atoms with Gasteiger partial charge < -0.3 is 44.3 Å². The van der Waals surface area contributed by atoms with Crippen molar-refractivity contribution >= 4 is 205 Å². The fourth-order valence-electron chi connectivity index (χ4n) is 25.6. The molecule has 16 aliphatic carbocycles. The Labute approximate surface area is 790 Å². The van der Waals surface area contributed by atoms with Crippen LogP contribution in [0.1, 0.15) is 161 Å². The van der Waals surface area contributed by atoms with Gasteiger partial charge in [-0.3, -0.25) is 19.4 Å². The van der Waals surface area contributed by atoms with Gasteiger partial charge in [0.1, 0.15) is 35.7 Å². The Hall–Kier alpha value is -4.79. The van der Waals surface area contributed by atoms with Crippen molar-refractivity contribution in [3.63, 3.8) is 0 Å². The summed E-state index contributed by atoms with van der Waals surface area (Å²) < 4.78 is 84.6. The first-order valence-electron chi connectivity index (χ1n) is 44.9. The molecular formula is C87H100B19ClF4O15S3+. The maximum atomic E-state index is 13.8. The summed E-state index contributed by atoms with van der Waals surface area (Å²) in [6.45, 7) is -1.59. The number of carbonyl (C=O) groups excluding carboxylic acids is 4. The van der Waals surface area contributed by atoms with Crippen LogP contribution in [0.15, 0.2) is 211 Å². The zero-order valence-corrected chi connectivity index (χ0v) is 76.3. The van der Waals surface area contributed by atoms with Crippen molar-refractivity contribution < 1.29 is 90.4 Å². The van der Waals surface area contributed by atoms with Crippen LogP contribution in [0.5, 0.6) is 0 Å². The van der Waals surface area contributed by atoms with Crippen molar-refractivity contribution in [2.24, 2.45) is 58.2 Å². The standard InChI is InChI=1S/C25H34F2O9S.2C18H15S.C14H20F2O3.C12H17ClO3.B19/c26-25(27,37-36-35-31)14-32-20(29)21-3-15-1-16(4-21)8-23(7-15,12-21)33-11-19(28)34-24-9-17-2-18(10-24)6-22(30,5-17)13-24;2*1-4-10-16(11-5-1)19(17-12-6-2-7-13-17)18-14-8-3-9-15-18;1-12(15,16)8-19-11(17)13-3-9-2-10(4-13)6-14(18,5-9)7-13;13-6-10(14)16-12-4-8-1-9(5-12)3-11(15,2-8)7-12;1-11-16(10)19(17(12(2)3)13(4)5)18(14(6)7)15(8)9/h15-18,30-31H,1-14H2;2*1-15H;9-10,18H,2-8H2,1H3;8-9,15H,1-7H2;/q;2*+1;;;/p-1. The van der Waals surface area contributed by atoms with Crippen molar-refractivity contribution in [3.05, 3.63) is 182 Å². The summed E-state index contributed by atoms with van der Waals surface area (Å²) in [5.74, 6) is -2.18. The number of rotatable bonds is 29. The third-order valence-corrected chi connectivity index (χ3v) is 33.5. The molecule has 6 aromatic rings. The number of benzene rings is 6. The van der Waals surface area contributed by atoms with E-state index in [4.69, 9.17) is 113 Å². The first-order valence-corrected chi connectivity index (χ1v) is 48.6. The van der Waals surface area contributed by atoms with Gasteiger partial charge in [-0.1, -0.05) is 109 Å². The molecule has 8 atom stereocenters. The molecule has 42 heteroatoms. The Balaban J connectivity index is 0.000000136. The van der Waals surface area contributed by atoms with Gasteiger partial charge in [-0.25, -0.2) is 13.6 Å². The summed E-state index contributed by atoms with van der Waals surface area (Å²) in [5.41, 5.74) is -5.42. The average Bonchev–Trinajstić information content (AvgIpc) is 0.740. The Morgan fingerprint density at radius 3 is 1.01 bits per heavy atom.